The van der Waals surface area contributed by atoms with Crippen molar-refractivity contribution in [2.45, 2.75) is 58.3 Å². The van der Waals surface area contributed by atoms with Crippen LogP contribution in [0.1, 0.15) is 58.3 Å². The molecule has 5 atom stereocenters. The molecule has 0 amide bonds. The van der Waals surface area contributed by atoms with E-state index in [0.29, 0.717) is 36.4 Å². The monoisotopic (exact) mass is 300 g/mol. The van der Waals surface area contributed by atoms with Gasteiger partial charge in [0.25, 0.3) is 0 Å². The number of hydrogen-bond donors (Lipinski definition) is 0. The number of rotatable bonds is 1. The summed E-state index contributed by atoms with van der Waals surface area (Å²) in [5.41, 5.74) is 0.550. The van der Waals surface area contributed by atoms with E-state index in [1.165, 1.54) is 0 Å². The first-order chi connectivity index (χ1) is 10.5. The SMILES string of the molecule is C[C@]12CC[C@H]3[C@@H](CCC4=CC(=O)CC[C@@]43C=O)[C@H]1CCC2=O. The number of ketones is 2. The Kier molecular flexibility index (Phi) is 3.02. The van der Waals surface area contributed by atoms with Gasteiger partial charge in [-0.05, 0) is 62.4 Å². The summed E-state index contributed by atoms with van der Waals surface area (Å²) in [6, 6.07) is 0. The van der Waals surface area contributed by atoms with Crippen LogP contribution in [0, 0.1) is 28.6 Å². The van der Waals surface area contributed by atoms with Gasteiger partial charge in [0, 0.05) is 18.3 Å². The van der Waals surface area contributed by atoms with Crippen LogP contribution < -0.4 is 0 Å². The van der Waals surface area contributed by atoms with Crippen molar-refractivity contribution in [2.24, 2.45) is 28.6 Å². The number of Topliss-reactive ketones (excluding diaryl/α,β-unsaturated/α-hetero) is 1. The molecule has 0 spiro atoms. The van der Waals surface area contributed by atoms with Crippen molar-refractivity contribution in [3.8, 4) is 0 Å². The van der Waals surface area contributed by atoms with Crippen LogP contribution >= 0.6 is 0 Å². The van der Waals surface area contributed by atoms with Crippen LogP contribution in [0.5, 0.6) is 0 Å². The Balaban J connectivity index is 1.74. The minimum Gasteiger partial charge on any atom is -0.302 e. The van der Waals surface area contributed by atoms with Crippen LogP contribution in [0.2, 0.25) is 0 Å². The van der Waals surface area contributed by atoms with Crippen LogP contribution in [-0.4, -0.2) is 17.9 Å². The van der Waals surface area contributed by atoms with E-state index in [1.807, 2.05) is 0 Å². The van der Waals surface area contributed by atoms with Crippen molar-refractivity contribution in [1.29, 1.82) is 0 Å². The lowest BCUT2D eigenvalue weighted by Crippen LogP contribution is -2.52. The summed E-state index contributed by atoms with van der Waals surface area (Å²) < 4.78 is 0. The third kappa shape index (κ3) is 1.65. The number of fused-ring (bicyclic) bond motifs is 5. The molecule has 0 aromatic carbocycles. The lowest BCUT2D eigenvalue weighted by molar-refractivity contribution is -0.135. The standard InChI is InChI=1S/C19H24O3/c1-18-8-7-16-14(15(18)4-5-17(18)22)3-2-12-10-13(21)6-9-19(12,16)11-20/h10-11,14-16H,2-9H2,1H3/t14-,15+,16-,18-,19+/m0/s1. The summed E-state index contributed by atoms with van der Waals surface area (Å²) in [5.74, 6) is 1.91. The minimum atomic E-state index is -0.399. The topological polar surface area (TPSA) is 51.2 Å². The Morgan fingerprint density at radius 3 is 2.64 bits per heavy atom. The lowest BCUT2D eigenvalue weighted by Gasteiger charge is -2.55. The molecule has 3 heteroatoms. The Morgan fingerprint density at radius 1 is 1.05 bits per heavy atom. The van der Waals surface area contributed by atoms with E-state index < -0.39 is 5.41 Å². The van der Waals surface area contributed by atoms with Gasteiger partial charge in [0.15, 0.2) is 5.78 Å². The van der Waals surface area contributed by atoms with Crippen molar-refractivity contribution >= 4 is 17.9 Å². The smallest absolute Gasteiger partial charge is 0.155 e. The maximum absolute atomic E-state index is 12.4. The van der Waals surface area contributed by atoms with Crippen LogP contribution in [0.25, 0.3) is 0 Å². The molecule has 22 heavy (non-hydrogen) atoms. The lowest BCUT2D eigenvalue weighted by atomic mass is 9.47. The van der Waals surface area contributed by atoms with E-state index in [2.05, 4.69) is 6.92 Å². The zero-order chi connectivity index (χ0) is 15.5. The second-order valence-electron chi connectivity index (χ2n) is 8.13. The molecule has 4 rings (SSSR count). The molecule has 4 aliphatic rings. The molecule has 0 radical (unpaired) electrons. The molecule has 3 fully saturated rings. The van der Waals surface area contributed by atoms with Gasteiger partial charge in [0.2, 0.25) is 0 Å². The first kappa shape index (κ1) is 14.3. The fourth-order valence-corrected chi connectivity index (χ4v) is 6.26. The number of hydrogen-bond acceptors (Lipinski definition) is 3. The normalized spacial score (nSPS) is 47.3. The summed E-state index contributed by atoms with van der Waals surface area (Å²) in [6.45, 7) is 2.16. The summed E-state index contributed by atoms with van der Waals surface area (Å²) >= 11 is 0. The molecule has 0 heterocycles. The highest BCUT2D eigenvalue weighted by Crippen LogP contribution is 2.63. The first-order valence-electron chi connectivity index (χ1n) is 8.75. The highest BCUT2D eigenvalue weighted by Gasteiger charge is 2.60. The predicted molar refractivity (Wildman–Crippen MR) is 82.1 cm³/mol. The highest BCUT2D eigenvalue weighted by molar-refractivity contribution is 5.93. The molecular weight excluding hydrogens is 276 g/mol. The average Bonchev–Trinajstić information content (AvgIpc) is 2.82. The largest absolute Gasteiger partial charge is 0.302 e. The molecule has 0 bridgehead atoms. The van der Waals surface area contributed by atoms with Gasteiger partial charge in [-0.3, -0.25) is 9.59 Å². The Hall–Kier alpha value is -1.25. The molecule has 0 N–H and O–H groups in total. The van der Waals surface area contributed by atoms with E-state index >= 15 is 0 Å². The van der Waals surface area contributed by atoms with Gasteiger partial charge < -0.3 is 4.79 Å². The van der Waals surface area contributed by atoms with Crippen molar-refractivity contribution in [3.63, 3.8) is 0 Å². The third-order valence-electron chi connectivity index (χ3n) is 7.48. The maximum Gasteiger partial charge on any atom is 0.155 e. The van der Waals surface area contributed by atoms with Crippen molar-refractivity contribution in [1.82, 2.24) is 0 Å². The Bertz CT molecular complexity index is 589. The summed E-state index contributed by atoms with van der Waals surface area (Å²) in [7, 11) is 0. The molecule has 4 aliphatic carbocycles. The summed E-state index contributed by atoms with van der Waals surface area (Å²) in [4.78, 5) is 36.2. The number of aldehydes is 1. The van der Waals surface area contributed by atoms with E-state index in [0.717, 1.165) is 50.4 Å². The van der Waals surface area contributed by atoms with Crippen LogP contribution in [-0.2, 0) is 14.4 Å². The second kappa shape index (κ2) is 4.62. The molecule has 3 nitrogen and oxygen atoms in total. The zero-order valence-electron chi connectivity index (χ0n) is 13.3. The molecular formula is C19H24O3. The van der Waals surface area contributed by atoms with Gasteiger partial charge in [-0.15, -0.1) is 0 Å². The molecule has 0 aromatic rings. The van der Waals surface area contributed by atoms with E-state index in [4.69, 9.17) is 0 Å². The van der Waals surface area contributed by atoms with E-state index in [-0.39, 0.29) is 11.2 Å². The van der Waals surface area contributed by atoms with Gasteiger partial charge in [-0.1, -0.05) is 12.5 Å². The van der Waals surface area contributed by atoms with Crippen LogP contribution in [0.15, 0.2) is 11.6 Å². The van der Waals surface area contributed by atoms with Gasteiger partial charge in [-0.25, -0.2) is 0 Å². The quantitative estimate of drug-likeness (QED) is 0.698. The van der Waals surface area contributed by atoms with E-state index in [1.54, 1.807) is 6.08 Å². The third-order valence-corrected chi connectivity index (χ3v) is 7.48. The minimum absolute atomic E-state index is 0.142. The predicted octanol–water partition coefficient (Wildman–Crippen LogP) is 3.27. The Labute approximate surface area is 131 Å². The fraction of sp³-hybridized carbons (Fsp3) is 0.737. The molecule has 3 saturated carbocycles. The number of allylic oxidation sites excluding steroid dienone is 1. The van der Waals surface area contributed by atoms with Crippen molar-refractivity contribution in [3.05, 3.63) is 11.6 Å². The van der Waals surface area contributed by atoms with Crippen LogP contribution in [0.3, 0.4) is 0 Å². The zero-order valence-corrected chi connectivity index (χ0v) is 13.3. The molecule has 118 valence electrons. The van der Waals surface area contributed by atoms with Crippen molar-refractivity contribution < 1.29 is 14.4 Å². The highest BCUT2D eigenvalue weighted by atomic mass is 16.1. The maximum atomic E-state index is 12.4. The van der Waals surface area contributed by atoms with Crippen LogP contribution in [0.4, 0.5) is 0 Å². The van der Waals surface area contributed by atoms with Crippen molar-refractivity contribution in [2.75, 3.05) is 0 Å². The summed E-state index contributed by atoms with van der Waals surface area (Å²) in [6.07, 6.45) is 9.65. The fourth-order valence-electron chi connectivity index (χ4n) is 6.26. The Morgan fingerprint density at radius 2 is 1.86 bits per heavy atom. The van der Waals surface area contributed by atoms with Gasteiger partial charge in [0.05, 0.1) is 5.41 Å². The molecule has 0 saturated heterocycles. The number of carbonyl (C=O) groups is 3. The molecule has 0 unspecified atom stereocenters. The number of carbonyl (C=O) groups excluding carboxylic acids is 3. The summed E-state index contributed by atoms with van der Waals surface area (Å²) in [5, 5.41) is 0. The van der Waals surface area contributed by atoms with Gasteiger partial charge >= 0.3 is 0 Å². The first-order valence-corrected chi connectivity index (χ1v) is 8.75. The molecule has 0 aliphatic heterocycles. The second-order valence-corrected chi connectivity index (χ2v) is 8.13. The van der Waals surface area contributed by atoms with Gasteiger partial charge in [0.1, 0.15) is 12.1 Å². The van der Waals surface area contributed by atoms with E-state index in [9.17, 15) is 14.4 Å². The average molecular weight is 300 g/mol. The molecule has 0 aromatic heterocycles. The van der Waals surface area contributed by atoms with Gasteiger partial charge in [-0.2, -0.15) is 0 Å².